The van der Waals surface area contributed by atoms with Crippen LogP contribution >= 0.6 is 15.8 Å². The van der Waals surface area contributed by atoms with E-state index < -0.39 is 15.8 Å². The predicted octanol–water partition coefficient (Wildman–Crippen LogP) is 13.7. The molecule has 0 bridgehead atoms. The van der Waals surface area contributed by atoms with E-state index in [0.717, 1.165) is 0 Å². The molecule has 2 atom stereocenters. The highest BCUT2D eigenvalue weighted by Gasteiger charge is 2.30. The van der Waals surface area contributed by atoms with E-state index >= 15 is 0 Å². The smallest absolute Gasteiger partial charge is 0.00673 e. The van der Waals surface area contributed by atoms with Gasteiger partial charge in [-0.05, 0) is 114 Å². The maximum absolute atomic E-state index is 2.46. The Bertz CT molecular complexity index is 2320. The van der Waals surface area contributed by atoms with Crippen LogP contribution in [-0.4, -0.2) is 0 Å². The summed E-state index contributed by atoms with van der Waals surface area (Å²) in [6, 6.07) is 65.3. The SMILES string of the molecule is CC(C)(C)c1cc(-c2ccccc2P(c2ccccc2)c2ccccc2P(c2ccccc2)c2ccccc2-c2cc(C(C)(C)C)cc(C(C)(C)C)c2)cc(C(C)(C)C)c1. The van der Waals surface area contributed by atoms with Crippen molar-refractivity contribution in [3.63, 3.8) is 0 Å². The van der Waals surface area contributed by atoms with Gasteiger partial charge in [0.05, 0.1) is 0 Å². The zero-order valence-corrected chi connectivity index (χ0v) is 39.8. The quantitative estimate of drug-likeness (QED) is 0.134. The molecule has 0 aliphatic carbocycles. The fourth-order valence-corrected chi connectivity index (χ4v) is 13.5. The zero-order valence-electron chi connectivity index (χ0n) is 38.1. The molecular formula is C58H64P2. The van der Waals surface area contributed by atoms with Crippen LogP contribution in [0.5, 0.6) is 0 Å². The largest absolute Gasteiger partial charge is 0.0622 e. The average Bonchev–Trinajstić information content (AvgIpc) is 3.21. The van der Waals surface area contributed by atoms with E-state index in [4.69, 9.17) is 0 Å². The fourth-order valence-electron chi connectivity index (χ4n) is 7.94. The van der Waals surface area contributed by atoms with Gasteiger partial charge in [0.1, 0.15) is 0 Å². The van der Waals surface area contributed by atoms with Gasteiger partial charge in [-0.3, -0.25) is 0 Å². The van der Waals surface area contributed by atoms with E-state index in [1.165, 1.54) is 76.3 Å². The Hall–Kier alpha value is -4.60. The average molecular weight is 823 g/mol. The molecule has 0 saturated carbocycles. The zero-order chi connectivity index (χ0) is 43.0. The molecule has 7 rings (SSSR count). The molecule has 0 fully saturated rings. The maximum Gasteiger partial charge on any atom is -0.00673 e. The van der Waals surface area contributed by atoms with E-state index in [9.17, 15) is 0 Å². The molecule has 0 aliphatic rings. The first-order chi connectivity index (χ1) is 28.3. The Morgan fingerprint density at radius 3 is 0.800 bits per heavy atom. The third kappa shape index (κ3) is 9.47. The van der Waals surface area contributed by atoms with Crippen molar-refractivity contribution in [2.75, 3.05) is 0 Å². The molecule has 0 spiro atoms. The Balaban J connectivity index is 1.52. The van der Waals surface area contributed by atoms with E-state index in [0.29, 0.717) is 0 Å². The summed E-state index contributed by atoms with van der Waals surface area (Å²) in [4.78, 5) is 0. The number of rotatable bonds is 8. The van der Waals surface area contributed by atoms with E-state index in [1.54, 1.807) is 0 Å². The van der Waals surface area contributed by atoms with Crippen LogP contribution in [0.25, 0.3) is 22.3 Å². The second-order valence-electron chi connectivity index (χ2n) is 20.5. The topological polar surface area (TPSA) is 0 Å². The highest BCUT2D eigenvalue weighted by molar-refractivity contribution is 7.85. The Morgan fingerprint density at radius 1 is 0.267 bits per heavy atom. The first-order valence-electron chi connectivity index (χ1n) is 21.6. The molecule has 0 N–H and O–H groups in total. The van der Waals surface area contributed by atoms with Crippen LogP contribution in [0.1, 0.15) is 105 Å². The molecule has 0 amide bonds. The molecule has 0 saturated heterocycles. The predicted molar refractivity (Wildman–Crippen MR) is 270 cm³/mol. The molecular weight excluding hydrogens is 759 g/mol. The first-order valence-corrected chi connectivity index (χ1v) is 24.3. The minimum atomic E-state index is -0.989. The molecule has 2 unspecified atom stereocenters. The lowest BCUT2D eigenvalue weighted by Gasteiger charge is -2.31. The molecule has 0 radical (unpaired) electrons. The summed E-state index contributed by atoms with van der Waals surface area (Å²) in [5.41, 5.74) is 10.8. The Morgan fingerprint density at radius 2 is 0.517 bits per heavy atom. The molecule has 0 nitrogen and oxygen atoms in total. The van der Waals surface area contributed by atoms with Crippen LogP contribution < -0.4 is 31.8 Å². The van der Waals surface area contributed by atoms with Crippen LogP contribution in [-0.2, 0) is 21.7 Å². The van der Waals surface area contributed by atoms with Gasteiger partial charge >= 0.3 is 0 Å². The van der Waals surface area contributed by atoms with Crippen molar-refractivity contribution in [3.8, 4) is 22.3 Å². The second-order valence-corrected chi connectivity index (χ2v) is 24.8. The molecule has 2 heteroatoms. The highest BCUT2D eigenvalue weighted by atomic mass is 31.1. The lowest BCUT2D eigenvalue weighted by Crippen LogP contribution is -2.35. The highest BCUT2D eigenvalue weighted by Crippen LogP contribution is 2.44. The molecule has 0 heterocycles. The number of benzene rings is 7. The molecule has 306 valence electrons. The van der Waals surface area contributed by atoms with Crippen LogP contribution in [0.15, 0.2) is 170 Å². The minimum absolute atomic E-state index is 0.0146. The third-order valence-corrected chi connectivity index (χ3v) is 16.9. The van der Waals surface area contributed by atoms with Crippen LogP contribution in [0.3, 0.4) is 0 Å². The van der Waals surface area contributed by atoms with Crippen molar-refractivity contribution in [2.45, 2.75) is 105 Å². The van der Waals surface area contributed by atoms with Gasteiger partial charge in [-0.2, -0.15) is 0 Å². The lowest BCUT2D eigenvalue weighted by molar-refractivity contribution is 0.568. The van der Waals surface area contributed by atoms with Crippen LogP contribution in [0.4, 0.5) is 0 Å². The van der Waals surface area contributed by atoms with Gasteiger partial charge in [-0.1, -0.05) is 253 Å². The summed E-state index contributed by atoms with van der Waals surface area (Å²) < 4.78 is 0. The fraction of sp³-hybridized carbons (Fsp3) is 0.276. The normalized spacial score (nSPS) is 13.5. The summed E-state index contributed by atoms with van der Waals surface area (Å²) in [5, 5.41) is 8.33. The molecule has 60 heavy (non-hydrogen) atoms. The van der Waals surface area contributed by atoms with Gasteiger partial charge < -0.3 is 0 Å². The molecule has 7 aromatic carbocycles. The van der Waals surface area contributed by atoms with Crippen LogP contribution in [0.2, 0.25) is 0 Å². The van der Waals surface area contributed by atoms with Gasteiger partial charge in [0, 0.05) is 0 Å². The first kappa shape index (κ1) is 43.5. The molecule has 0 aromatic heterocycles. The summed E-state index contributed by atoms with van der Waals surface area (Å²) in [5.74, 6) is 0. The Labute approximate surface area is 365 Å². The van der Waals surface area contributed by atoms with Gasteiger partial charge in [-0.15, -0.1) is 0 Å². The number of hydrogen-bond donors (Lipinski definition) is 0. The van der Waals surface area contributed by atoms with Crippen molar-refractivity contribution >= 4 is 47.7 Å². The van der Waals surface area contributed by atoms with Crippen LogP contribution in [0, 0.1) is 0 Å². The monoisotopic (exact) mass is 822 g/mol. The standard InChI is InChI=1S/C58H64P2/c1-55(2,3)43-35-41(36-44(39-43)56(4,5)6)49-29-19-21-31-51(49)59(47-25-15-13-16-26-47)53-33-23-24-34-54(53)60(48-27-17-14-18-28-48)52-32-22-20-30-50(52)42-37-45(57(7,8)9)40-46(38-42)58(10,11)12/h13-40H,1-12H3. The van der Waals surface area contributed by atoms with E-state index in [2.05, 4.69) is 253 Å². The van der Waals surface area contributed by atoms with Crippen molar-refractivity contribution in [1.82, 2.24) is 0 Å². The van der Waals surface area contributed by atoms with Gasteiger partial charge in [-0.25, -0.2) is 0 Å². The molecule has 7 aromatic rings. The summed E-state index contributed by atoms with van der Waals surface area (Å²) in [7, 11) is -1.98. The minimum Gasteiger partial charge on any atom is -0.0622 e. The van der Waals surface area contributed by atoms with Gasteiger partial charge in [0.25, 0.3) is 0 Å². The summed E-state index contributed by atoms with van der Waals surface area (Å²) in [6.45, 7) is 28.1. The van der Waals surface area contributed by atoms with E-state index in [1.807, 2.05) is 0 Å². The Kier molecular flexibility index (Phi) is 12.4. The number of hydrogen-bond acceptors (Lipinski definition) is 0. The summed E-state index contributed by atoms with van der Waals surface area (Å²) >= 11 is 0. The summed E-state index contributed by atoms with van der Waals surface area (Å²) in [6.07, 6.45) is 0. The van der Waals surface area contributed by atoms with Crippen molar-refractivity contribution in [3.05, 3.63) is 192 Å². The van der Waals surface area contributed by atoms with Gasteiger partial charge in [0.2, 0.25) is 0 Å². The molecule has 0 aliphatic heterocycles. The van der Waals surface area contributed by atoms with Crippen molar-refractivity contribution in [2.24, 2.45) is 0 Å². The van der Waals surface area contributed by atoms with Crippen molar-refractivity contribution in [1.29, 1.82) is 0 Å². The lowest BCUT2D eigenvalue weighted by atomic mass is 9.79. The van der Waals surface area contributed by atoms with E-state index in [-0.39, 0.29) is 21.7 Å². The third-order valence-electron chi connectivity index (χ3n) is 11.6. The van der Waals surface area contributed by atoms with Gasteiger partial charge in [0.15, 0.2) is 0 Å². The van der Waals surface area contributed by atoms with Crippen molar-refractivity contribution < 1.29 is 0 Å². The maximum atomic E-state index is 2.46. The second kappa shape index (κ2) is 17.0.